The number of unbranched alkanes of at least 4 members (excludes halogenated alkanes) is 3. The number of likely N-dealkylation sites (N-methyl/N-ethyl adjacent to an activating group) is 1. The number of esters is 1. The van der Waals surface area contributed by atoms with Crippen molar-refractivity contribution in [3.8, 4) is 0 Å². The second-order valence-corrected chi connectivity index (χ2v) is 6.82. The van der Waals surface area contributed by atoms with E-state index in [0.29, 0.717) is 6.61 Å². The van der Waals surface area contributed by atoms with Crippen LogP contribution in [-0.2, 0) is 9.53 Å². The average Bonchev–Trinajstić information content (AvgIpc) is 2.34. The first kappa shape index (κ1) is 18.4. The monoisotopic (exact) mass is 272 g/mol. The normalized spacial score (nSPS) is 12.5. The fraction of sp³-hybridized carbons (Fsp3) is 0.938. The zero-order chi connectivity index (χ0) is 14.9. The molecule has 114 valence electrons. The Morgan fingerprint density at radius 1 is 1.05 bits per heavy atom. The van der Waals surface area contributed by atoms with Crippen LogP contribution in [0.5, 0.6) is 0 Å². The summed E-state index contributed by atoms with van der Waals surface area (Å²) in [4.78, 5) is 11.9. The van der Waals surface area contributed by atoms with Crippen LogP contribution in [0.4, 0.5) is 0 Å². The highest BCUT2D eigenvalue weighted by Gasteiger charge is 2.27. The van der Waals surface area contributed by atoms with Gasteiger partial charge in [-0.2, -0.15) is 0 Å². The predicted octanol–water partition coefficient (Wildman–Crippen LogP) is 3.62. The first-order chi connectivity index (χ1) is 8.75. The molecular weight excluding hydrogens is 238 g/mol. The number of hydrogen-bond acceptors (Lipinski definition) is 2. The van der Waals surface area contributed by atoms with Crippen LogP contribution in [0.3, 0.4) is 0 Å². The highest BCUT2D eigenvalue weighted by atomic mass is 16.5. The second-order valence-electron chi connectivity index (χ2n) is 6.82. The van der Waals surface area contributed by atoms with E-state index in [0.717, 1.165) is 24.0 Å². The Labute approximate surface area is 119 Å². The molecule has 0 amide bonds. The molecule has 0 aliphatic heterocycles. The molecule has 3 nitrogen and oxygen atoms in total. The fourth-order valence-corrected chi connectivity index (χ4v) is 1.80. The summed E-state index contributed by atoms with van der Waals surface area (Å²) in [6, 6.07) is 0. The highest BCUT2D eigenvalue weighted by Crippen LogP contribution is 2.21. The van der Waals surface area contributed by atoms with E-state index in [9.17, 15) is 4.79 Å². The van der Waals surface area contributed by atoms with Gasteiger partial charge in [-0.1, -0.05) is 26.7 Å². The van der Waals surface area contributed by atoms with E-state index in [1.54, 1.807) is 0 Å². The molecule has 0 N–H and O–H groups in total. The summed E-state index contributed by atoms with van der Waals surface area (Å²) < 4.78 is 6.34. The van der Waals surface area contributed by atoms with Crippen molar-refractivity contribution in [1.82, 2.24) is 0 Å². The molecule has 0 aromatic carbocycles. The maximum Gasteiger partial charge on any atom is 0.311 e. The molecule has 0 saturated carbocycles. The van der Waals surface area contributed by atoms with E-state index in [1.165, 1.54) is 25.7 Å². The molecule has 0 heterocycles. The van der Waals surface area contributed by atoms with Crippen molar-refractivity contribution in [3.63, 3.8) is 0 Å². The van der Waals surface area contributed by atoms with Gasteiger partial charge in [-0.15, -0.1) is 0 Å². The van der Waals surface area contributed by atoms with Crippen molar-refractivity contribution < 1.29 is 14.0 Å². The molecule has 0 aliphatic rings. The minimum absolute atomic E-state index is 0.0685. The largest absolute Gasteiger partial charge is 0.459 e. The van der Waals surface area contributed by atoms with Crippen molar-refractivity contribution in [2.45, 2.75) is 59.8 Å². The Kier molecular flexibility index (Phi) is 8.31. The summed E-state index contributed by atoms with van der Waals surface area (Å²) in [5.74, 6) is -0.0685. The number of rotatable bonds is 10. The summed E-state index contributed by atoms with van der Waals surface area (Å²) in [6.07, 6.45) is 5.98. The van der Waals surface area contributed by atoms with E-state index in [4.69, 9.17) is 4.74 Å². The molecular formula is C16H34NO2+. The van der Waals surface area contributed by atoms with Crippen LogP contribution in [0, 0.1) is 5.41 Å². The van der Waals surface area contributed by atoms with E-state index >= 15 is 0 Å². The summed E-state index contributed by atoms with van der Waals surface area (Å²) in [7, 11) is 4.43. The quantitative estimate of drug-likeness (QED) is 0.345. The molecule has 0 unspecified atom stereocenters. The van der Waals surface area contributed by atoms with Gasteiger partial charge < -0.3 is 9.22 Å². The van der Waals surface area contributed by atoms with Gasteiger partial charge in [-0.3, -0.25) is 4.79 Å². The van der Waals surface area contributed by atoms with Crippen LogP contribution in [0.15, 0.2) is 0 Å². The Morgan fingerprint density at radius 2 is 1.68 bits per heavy atom. The molecule has 0 aromatic heterocycles. The van der Waals surface area contributed by atoms with Crippen LogP contribution >= 0.6 is 0 Å². The Balaban J connectivity index is 3.88. The first-order valence-electron chi connectivity index (χ1n) is 7.74. The van der Waals surface area contributed by atoms with Gasteiger partial charge in [-0.05, 0) is 33.1 Å². The lowest BCUT2D eigenvalue weighted by Gasteiger charge is -2.30. The average molecular weight is 272 g/mol. The third kappa shape index (κ3) is 8.25. The zero-order valence-corrected chi connectivity index (χ0v) is 13.9. The van der Waals surface area contributed by atoms with Crippen LogP contribution in [-0.4, -0.2) is 44.2 Å². The van der Waals surface area contributed by atoms with Gasteiger partial charge in [0.1, 0.15) is 13.2 Å². The van der Waals surface area contributed by atoms with Crippen LogP contribution in [0.2, 0.25) is 0 Å². The molecule has 0 spiro atoms. The van der Waals surface area contributed by atoms with Crippen molar-refractivity contribution >= 4 is 5.97 Å². The second kappa shape index (κ2) is 8.57. The van der Waals surface area contributed by atoms with E-state index in [2.05, 4.69) is 21.0 Å². The summed E-state index contributed by atoms with van der Waals surface area (Å²) in [6.45, 7) is 10.7. The smallest absolute Gasteiger partial charge is 0.311 e. The topological polar surface area (TPSA) is 26.3 Å². The maximum atomic E-state index is 11.9. The van der Waals surface area contributed by atoms with Gasteiger partial charge in [0.05, 0.1) is 26.1 Å². The maximum absolute atomic E-state index is 11.9. The van der Waals surface area contributed by atoms with E-state index < -0.39 is 0 Å². The number of ether oxygens (including phenoxy) is 1. The van der Waals surface area contributed by atoms with Crippen LogP contribution in [0.25, 0.3) is 0 Å². The van der Waals surface area contributed by atoms with Gasteiger partial charge in [0.15, 0.2) is 0 Å². The van der Waals surface area contributed by atoms with Gasteiger partial charge in [0.2, 0.25) is 0 Å². The number of carbonyl (C=O) groups excluding carboxylic acids is 1. The minimum atomic E-state index is -0.349. The molecule has 0 atom stereocenters. The molecule has 0 bridgehead atoms. The van der Waals surface area contributed by atoms with Gasteiger partial charge >= 0.3 is 5.97 Å². The van der Waals surface area contributed by atoms with Crippen molar-refractivity contribution in [2.24, 2.45) is 5.41 Å². The Morgan fingerprint density at radius 3 is 2.21 bits per heavy atom. The van der Waals surface area contributed by atoms with Crippen molar-refractivity contribution in [2.75, 3.05) is 33.8 Å². The highest BCUT2D eigenvalue weighted by molar-refractivity contribution is 5.75. The minimum Gasteiger partial charge on any atom is -0.459 e. The molecule has 0 fully saturated rings. The molecule has 0 aliphatic carbocycles. The Hall–Kier alpha value is -0.570. The summed E-state index contributed by atoms with van der Waals surface area (Å²) in [5.41, 5.74) is -0.349. The lowest BCUT2D eigenvalue weighted by atomic mass is 9.91. The Bertz CT molecular complexity index is 259. The van der Waals surface area contributed by atoms with Gasteiger partial charge in [0, 0.05) is 0 Å². The fourth-order valence-electron chi connectivity index (χ4n) is 1.80. The summed E-state index contributed by atoms with van der Waals surface area (Å²) in [5, 5.41) is 0. The third-order valence-electron chi connectivity index (χ3n) is 3.98. The molecule has 19 heavy (non-hydrogen) atoms. The first-order valence-corrected chi connectivity index (χ1v) is 7.74. The molecule has 3 heteroatoms. The molecule has 0 saturated heterocycles. The number of carbonyl (C=O) groups is 1. The third-order valence-corrected chi connectivity index (χ3v) is 3.98. The lowest BCUT2D eigenvalue weighted by Crippen LogP contribution is -2.43. The standard InChI is InChI=1S/C16H34NO2/c1-7-9-10-11-12-17(5,6)13-14-19-15(18)16(3,4)8-2/h7-14H2,1-6H3/q+1. The van der Waals surface area contributed by atoms with E-state index in [-0.39, 0.29) is 11.4 Å². The van der Waals surface area contributed by atoms with E-state index in [1.807, 2.05) is 20.8 Å². The predicted molar refractivity (Wildman–Crippen MR) is 81.0 cm³/mol. The SMILES string of the molecule is CCCCCC[N+](C)(C)CCOC(=O)C(C)(C)CC. The number of quaternary nitrogens is 1. The lowest BCUT2D eigenvalue weighted by molar-refractivity contribution is -0.890. The number of hydrogen-bond donors (Lipinski definition) is 0. The molecule has 0 rings (SSSR count). The van der Waals surface area contributed by atoms with Gasteiger partial charge in [0.25, 0.3) is 0 Å². The molecule has 0 aromatic rings. The van der Waals surface area contributed by atoms with Gasteiger partial charge in [-0.25, -0.2) is 0 Å². The molecule has 0 radical (unpaired) electrons. The van der Waals surface area contributed by atoms with Crippen molar-refractivity contribution in [3.05, 3.63) is 0 Å². The van der Waals surface area contributed by atoms with Crippen molar-refractivity contribution in [1.29, 1.82) is 0 Å². The zero-order valence-electron chi connectivity index (χ0n) is 13.9. The van der Waals surface area contributed by atoms with Crippen LogP contribution < -0.4 is 0 Å². The number of nitrogens with zero attached hydrogens (tertiary/aromatic N) is 1. The van der Waals surface area contributed by atoms with Crippen LogP contribution in [0.1, 0.15) is 59.8 Å². The summed E-state index contributed by atoms with van der Waals surface area (Å²) >= 11 is 0.